The topological polar surface area (TPSA) is 41.1 Å². The summed E-state index contributed by atoms with van der Waals surface area (Å²) in [7, 11) is 0. The van der Waals surface area contributed by atoms with Crippen molar-refractivity contribution < 1.29 is 4.79 Å². The van der Waals surface area contributed by atoms with Crippen molar-refractivity contribution in [2.45, 2.75) is 23.5 Å². The SMILES string of the molecule is O=C(Nc1ccc(C2SCCS2)cc1)[C@@H]1CCCN1. The van der Waals surface area contributed by atoms with Gasteiger partial charge >= 0.3 is 0 Å². The first kappa shape index (κ1) is 13.3. The summed E-state index contributed by atoms with van der Waals surface area (Å²) in [5.41, 5.74) is 2.25. The predicted octanol–water partition coefficient (Wildman–Crippen LogP) is 2.86. The Kier molecular flexibility index (Phi) is 4.35. The van der Waals surface area contributed by atoms with E-state index < -0.39 is 0 Å². The van der Waals surface area contributed by atoms with E-state index in [1.54, 1.807) is 0 Å². The summed E-state index contributed by atoms with van der Waals surface area (Å²) in [6, 6.07) is 8.28. The average Bonchev–Trinajstić information content (AvgIpc) is 3.13. The Morgan fingerprint density at radius 1 is 1.21 bits per heavy atom. The molecule has 0 unspecified atom stereocenters. The van der Waals surface area contributed by atoms with E-state index in [9.17, 15) is 4.79 Å². The monoisotopic (exact) mass is 294 g/mol. The van der Waals surface area contributed by atoms with Crippen molar-refractivity contribution in [3.05, 3.63) is 29.8 Å². The van der Waals surface area contributed by atoms with E-state index in [-0.39, 0.29) is 11.9 Å². The van der Waals surface area contributed by atoms with Crippen LogP contribution in [0.25, 0.3) is 0 Å². The minimum atomic E-state index is -0.0133. The van der Waals surface area contributed by atoms with Crippen LogP contribution in [0.4, 0.5) is 5.69 Å². The maximum atomic E-state index is 12.0. The zero-order valence-corrected chi connectivity index (χ0v) is 12.4. The maximum absolute atomic E-state index is 12.0. The van der Waals surface area contributed by atoms with Gasteiger partial charge in [-0.1, -0.05) is 12.1 Å². The summed E-state index contributed by atoms with van der Waals surface area (Å²) < 4.78 is 0.571. The number of benzene rings is 1. The van der Waals surface area contributed by atoms with E-state index in [2.05, 4.69) is 22.8 Å². The highest BCUT2D eigenvalue weighted by Gasteiger charge is 2.22. The number of nitrogens with one attached hydrogen (secondary N) is 2. The fraction of sp³-hybridized carbons (Fsp3) is 0.500. The van der Waals surface area contributed by atoms with E-state index in [1.807, 2.05) is 35.7 Å². The number of hydrogen-bond donors (Lipinski definition) is 2. The third kappa shape index (κ3) is 3.27. The largest absolute Gasteiger partial charge is 0.325 e. The average molecular weight is 294 g/mol. The smallest absolute Gasteiger partial charge is 0.241 e. The first-order valence-electron chi connectivity index (χ1n) is 6.70. The van der Waals surface area contributed by atoms with Crippen molar-refractivity contribution in [1.82, 2.24) is 5.32 Å². The van der Waals surface area contributed by atoms with Crippen molar-refractivity contribution >= 4 is 35.1 Å². The molecule has 0 saturated carbocycles. The van der Waals surface area contributed by atoms with Crippen molar-refractivity contribution in [3.8, 4) is 0 Å². The van der Waals surface area contributed by atoms with Gasteiger partial charge in [0.2, 0.25) is 5.91 Å². The quantitative estimate of drug-likeness (QED) is 0.899. The fourth-order valence-electron chi connectivity index (χ4n) is 2.41. The van der Waals surface area contributed by atoms with Gasteiger partial charge in [-0.2, -0.15) is 0 Å². The Bertz CT molecular complexity index is 437. The molecule has 3 nitrogen and oxygen atoms in total. The third-order valence-electron chi connectivity index (χ3n) is 3.45. The van der Waals surface area contributed by atoms with Crippen LogP contribution in [0.3, 0.4) is 0 Å². The molecule has 0 bridgehead atoms. The molecule has 2 aliphatic rings. The lowest BCUT2D eigenvalue weighted by Crippen LogP contribution is -2.35. The van der Waals surface area contributed by atoms with Crippen LogP contribution in [-0.2, 0) is 4.79 Å². The minimum Gasteiger partial charge on any atom is -0.325 e. The molecule has 0 aliphatic carbocycles. The molecule has 102 valence electrons. The summed E-state index contributed by atoms with van der Waals surface area (Å²) >= 11 is 4.00. The molecule has 0 aromatic heterocycles. The lowest BCUT2D eigenvalue weighted by molar-refractivity contribution is -0.117. The van der Waals surface area contributed by atoms with Gasteiger partial charge in [0.1, 0.15) is 0 Å². The van der Waals surface area contributed by atoms with Crippen LogP contribution < -0.4 is 10.6 Å². The number of hydrogen-bond acceptors (Lipinski definition) is 4. The van der Waals surface area contributed by atoms with E-state index in [0.29, 0.717) is 4.58 Å². The third-order valence-corrected chi connectivity index (χ3v) is 6.55. The molecule has 2 fully saturated rings. The van der Waals surface area contributed by atoms with Crippen LogP contribution in [0.5, 0.6) is 0 Å². The Morgan fingerprint density at radius 3 is 2.58 bits per heavy atom. The van der Waals surface area contributed by atoms with Gasteiger partial charge in [-0.05, 0) is 37.1 Å². The van der Waals surface area contributed by atoms with Crippen LogP contribution in [0, 0.1) is 0 Å². The Hall–Kier alpha value is -0.650. The molecular formula is C14H18N2OS2. The molecule has 1 amide bonds. The maximum Gasteiger partial charge on any atom is 0.241 e. The van der Waals surface area contributed by atoms with Crippen LogP contribution in [-0.4, -0.2) is 30.0 Å². The Morgan fingerprint density at radius 2 is 1.95 bits per heavy atom. The highest BCUT2D eigenvalue weighted by atomic mass is 32.2. The Balaban J connectivity index is 1.60. The van der Waals surface area contributed by atoms with Crippen molar-refractivity contribution in [2.24, 2.45) is 0 Å². The predicted molar refractivity (Wildman–Crippen MR) is 83.8 cm³/mol. The first-order valence-corrected chi connectivity index (χ1v) is 8.80. The number of rotatable bonds is 3. The second-order valence-corrected chi connectivity index (χ2v) is 7.56. The summed E-state index contributed by atoms with van der Waals surface area (Å²) in [4.78, 5) is 12.0. The van der Waals surface area contributed by atoms with Gasteiger partial charge in [0, 0.05) is 17.2 Å². The zero-order chi connectivity index (χ0) is 13.1. The summed E-state index contributed by atoms with van der Waals surface area (Å²) in [5, 5.41) is 6.20. The molecule has 3 rings (SSSR count). The summed E-state index contributed by atoms with van der Waals surface area (Å²) in [6.07, 6.45) is 2.03. The van der Waals surface area contributed by atoms with Crippen molar-refractivity contribution in [2.75, 3.05) is 23.4 Å². The normalized spacial score (nSPS) is 23.7. The first-order chi connectivity index (χ1) is 9.33. The van der Waals surface area contributed by atoms with Gasteiger partial charge < -0.3 is 10.6 Å². The molecule has 2 saturated heterocycles. The summed E-state index contributed by atoms with van der Waals surface area (Å²) in [5.74, 6) is 2.57. The van der Waals surface area contributed by atoms with Crippen LogP contribution in [0.2, 0.25) is 0 Å². The Labute approximate surface area is 122 Å². The van der Waals surface area contributed by atoms with Gasteiger partial charge in [-0.25, -0.2) is 0 Å². The number of carbonyl (C=O) groups excluding carboxylic acids is 1. The zero-order valence-electron chi connectivity index (χ0n) is 10.7. The van der Waals surface area contributed by atoms with E-state index >= 15 is 0 Å². The molecule has 2 aliphatic heterocycles. The van der Waals surface area contributed by atoms with Gasteiger partial charge in [-0.15, -0.1) is 23.5 Å². The second kappa shape index (κ2) is 6.20. The highest BCUT2D eigenvalue weighted by molar-refractivity contribution is 8.19. The molecule has 1 aromatic carbocycles. The second-order valence-electron chi connectivity index (χ2n) is 4.83. The molecule has 0 spiro atoms. The number of thioether (sulfide) groups is 2. The lowest BCUT2D eigenvalue weighted by atomic mass is 10.2. The molecule has 2 N–H and O–H groups in total. The minimum absolute atomic E-state index is 0.0133. The number of amides is 1. The van der Waals surface area contributed by atoms with Gasteiger partial charge in [0.25, 0.3) is 0 Å². The van der Waals surface area contributed by atoms with Gasteiger partial charge in [-0.3, -0.25) is 4.79 Å². The van der Waals surface area contributed by atoms with E-state index in [1.165, 1.54) is 17.1 Å². The molecule has 19 heavy (non-hydrogen) atoms. The molecule has 0 radical (unpaired) electrons. The fourth-order valence-corrected chi connectivity index (χ4v) is 5.27. The highest BCUT2D eigenvalue weighted by Crippen LogP contribution is 2.45. The standard InChI is InChI=1S/C14H18N2OS2/c17-13(12-2-1-7-15-12)16-11-5-3-10(4-6-11)14-18-8-9-19-14/h3-6,12,14-15H,1-2,7-9H2,(H,16,17)/t12-/m0/s1. The van der Waals surface area contributed by atoms with Crippen molar-refractivity contribution in [3.63, 3.8) is 0 Å². The van der Waals surface area contributed by atoms with Crippen LogP contribution in [0.1, 0.15) is 23.0 Å². The van der Waals surface area contributed by atoms with Crippen LogP contribution in [0.15, 0.2) is 24.3 Å². The van der Waals surface area contributed by atoms with E-state index in [0.717, 1.165) is 25.1 Å². The summed E-state index contributed by atoms with van der Waals surface area (Å²) in [6.45, 7) is 0.952. The molecular weight excluding hydrogens is 276 g/mol. The van der Waals surface area contributed by atoms with Gasteiger partial charge in [0.15, 0.2) is 0 Å². The van der Waals surface area contributed by atoms with Gasteiger partial charge in [0.05, 0.1) is 10.6 Å². The molecule has 2 heterocycles. The molecule has 1 aromatic rings. The van der Waals surface area contributed by atoms with Crippen LogP contribution >= 0.6 is 23.5 Å². The molecule has 5 heteroatoms. The van der Waals surface area contributed by atoms with Crippen molar-refractivity contribution in [1.29, 1.82) is 0 Å². The number of anilines is 1. The van der Waals surface area contributed by atoms with E-state index in [4.69, 9.17) is 0 Å². The molecule has 1 atom stereocenters. The number of carbonyl (C=O) groups is 1. The lowest BCUT2D eigenvalue weighted by Gasteiger charge is -2.12.